The second kappa shape index (κ2) is 8.71. The van der Waals surface area contributed by atoms with Crippen molar-refractivity contribution in [1.82, 2.24) is 19.9 Å². The van der Waals surface area contributed by atoms with Gasteiger partial charge in [-0.1, -0.05) is 17.3 Å². The molecule has 0 bridgehead atoms. The van der Waals surface area contributed by atoms with Crippen LogP contribution in [0.1, 0.15) is 25.2 Å². The molecule has 0 radical (unpaired) electrons. The Kier molecular flexibility index (Phi) is 5.83. The normalized spacial score (nSPS) is 20.1. The summed E-state index contributed by atoms with van der Waals surface area (Å²) < 4.78 is 10.4. The molecule has 0 unspecified atom stereocenters. The molecule has 2 aromatic rings. The standard InChI is InChI=1S/C22H24N4O5/c1-25(13-18-23-20(24-31-18)14-7-9-15(30-2)10-8-14)19(27)11-12-26-21(28)16-5-3-4-6-17(16)22(26)29/h3-4,7-10,16-17H,5-6,11-13H2,1-2H3/t16-,17-/m1/s1. The van der Waals surface area contributed by atoms with Crippen LogP contribution in [0, 0.1) is 11.8 Å². The lowest BCUT2D eigenvalue weighted by molar-refractivity contribution is -0.140. The van der Waals surface area contributed by atoms with Gasteiger partial charge >= 0.3 is 0 Å². The Hall–Kier alpha value is -3.49. The maximum atomic E-state index is 12.5. The lowest BCUT2D eigenvalue weighted by atomic mass is 9.85. The molecule has 31 heavy (non-hydrogen) atoms. The van der Waals surface area contributed by atoms with Crippen molar-refractivity contribution in [1.29, 1.82) is 0 Å². The van der Waals surface area contributed by atoms with Gasteiger partial charge in [-0.05, 0) is 37.1 Å². The Morgan fingerprint density at radius 3 is 2.42 bits per heavy atom. The molecular formula is C22H24N4O5. The highest BCUT2D eigenvalue weighted by Crippen LogP contribution is 2.35. The lowest BCUT2D eigenvalue weighted by Gasteiger charge is -2.18. The van der Waals surface area contributed by atoms with Crippen LogP contribution in [0.25, 0.3) is 11.4 Å². The number of likely N-dealkylation sites (tertiary alicyclic amines) is 1. The topological polar surface area (TPSA) is 106 Å². The van der Waals surface area contributed by atoms with Gasteiger partial charge in [-0.25, -0.2) is 0 Å². The van der Waals surface area contributed by atoms with Crippen LogP contribution in [0.4, 0.5) is 0 Å². The van der Waals surface area contributed by atoms with Crippen LogP contribution >= 0.6 is 0 Å². The first kappa shape index (κ1) is 20.8. The predicted octanol–water partition coefficient (Wildman–Crippen LogP) is 2.04. The summed E-state index contributed by atoms with van der Waals surface area (Å²) in [6.07, 6.45) is 5.12. The molecule has 2 aliphatic rings. The van der Waals surface area contributed by atoms with E-state index in [4.69, 9.17) is 9.26 Å². The van der Waals surface area contributed by atoms with Gasteiger partial charge in [-0.2, -0.15) is 4.98 Å². The van der Waals surface area contributed by atoms with E-state index in [1.54, 1.807) is 26.3 Å². The molecule has 1 aromatic heterocycles. The van der Waals surface area contributed by atoms with E-state index in [0.29, 0.717) is 24.6 Å². The van der Waals surface area contributed by atoms with Crippen molar-refractivity contribution >= 4 is 17.7 Å². The molecule has 1 aromatic carbocycles. The predicted molar refractivity (Wildman–Crippen MR) is 109 cm³/mol. The van der Waals surface area contributed by atoms with E-state index in [1.807, 2.05) is 24.3 Å². The molecule has 1 fully saturated rings. The number of allylic oxidation sites excluding steroid dienone is 2. The molecule has 1 saturated heterocycles. The second-order valence-electron chi connectivity index (χ2n) is 7.72. The van der Waals surface area contributed by atoms with Gasteiger partial charge in [0, 0.05) is 25.6 Å². The van der Waals surface area contributed by atoms with Crippen molar-refractivity contribution in [3.63, 3.8) is 0 Å². The van der Waals surface area contributed by atoms with Crippen LogP contribution in [-0.4, -0.2) is 58.4 Å². The summed E-state index contributed by atoms with van der Waals surface area (Å²) in [6.45, 7) is 0.230. The maximum Gasteiger partial charge on any atom is 0.246 e. The van der Waals surface area contributed by atoms with Crippen molar-refractivity contribution in [3.8, 4) is 17.1 Å². The highest BCUT2D eigenvalue weighted by atomic mass is 16.5. The highest BCUT2D eigenvalue weighted by molar-refractivity contribution is 6.05. The third-order valence-corrected chi connectivity index (χ3v) is 5.76. The van der Waals surface area contributed by atoms with Crippen LogP contribution in [0.3, 0.4) is 0 Å². The third kappa shape index (κ3) is 4.21. The van der Waals surface area contributed by atoms with Gasteiger partial charge in [-0.3, -0.25) is 19.3 Å². The Balaban J connectivity index is 1.31. The van der Waals surface area contributed by atoms with E-state index >= 15 is 0 Å². The Bertz CT molecular complexity index is 987. The van der Waals surface area contributed by atoms with Crippen LogP contribution < -0.4 is 4.74 Å². The molecule has 4 rings (SSSR count). The molecule has 9 nitrogen and oxygen atoms in total. The smallest absolute Gasteiger partial charge is 0.246 e. The number of nitrogens with zero attached hydrogens (tertiary/aromatic N) is 4. The first-order chi connectivity index (χ1) is 15.0. The van der Waals surface area contributed by atoms with E-state index in [9.17, 15) is 14.4 Å². The monoisotopic (exact) mass is 424 g/mol. The number of rotatable bonds is 7. The number of aromatic nitrogens is 2. The van der Waals surface area contributed by atoms with E-state index in [2.05, 4.69) is 10.1 Å². The number of fused-ring (bicyclic) bond motifs is 1. The molecule has 1 aliphatic carbocycles. The zero-order chi connectivity index (χ0) is 22.0. The Labute approximate surface area is 179 Å². The molecule has 2 atom stereocenters. The molecule has 9 heteroatoms. The lowest BCUT2D eigenvalue weighted by Crippen LogP contribution is -2.36. The van der Waals surface area contributed by atoms with Gasteiger partial charge in [-0.15, -0.1) is 0 Å². The zero-order valence-electron chi connectivity index (χ0n) is 17.5. The molecule has 0 spiro atoms. The summed E-state index contributed by atoms with van der Waals surface area (Å²) in [5.41, 5.74) is 0.770. The fraction of sp³-hybridized carbons (Fsp3) is 0.409. The maximum absolute atomic E-state index is 12.5. The first-order valence-corrected chi connectivity index (χ1v) is 10.2. The number of imide groups is 1. The van der Waals surface area contributed by atoms with Crippen LogP contribution in [0.5, 0.6) is 5.75 Å². The van der Waals surface area contributed by atoms with Gasteiger partial charge in [0.2, 0.25) is 29.4 Å². The summed E-state index contributed by atoms with van der Waals surface area (Å²) in [4.78, 5) is 44.6. The summed E-state index contributed by atoms with van der Waals surface area (Å²) in [7, 11) is 3.21. The molecule has 162 valence electrons. The quantitative estimate of drug-likeness (QED) is 0.495. The van der Waals surface area contributed by atoms with Gasteiger partial charge in [0.1, 0.15) is 5.75 Å². The van der Waals surface area contributed by atoms with Crippen molar-refractivity contribution < 1.29 is 23.6 Å². The van der Waals surface area contributed by atoms with Crippen molar-refractivity contribution in [3.05, 3.63) is 42.3 Å². The van der Waals surface area contributed by atoms with Gasteiger partial charge in [0.05, 0.1) is 25.5 Å². The number of amides is 3. The minimum Gasteiger partial charge on any atom is -0.497 e. The molecule has 0 saturated carbocycles. The largest absolute Gasteiger partial charge is 0.497 e. The zero-order valence-corrected chi connectivity index (χ0v) is 17.5. The molecule has 2 heterocycles. The van der Waals surface area contributed by atoms with Crippen LogP contribution in [0.15, 0.2) is 40.9 Å². The minimum atomic E-state index is -0.278. The minimum absolute atomic E-state index is 0.0559. The molecule has 0 N–H and O–H groups in total. The Morgan fingerprint density at radius 2 is 1.81 bits per heavy atom. The highest BCUT2D eigenvalue weighted by Gasteiger charge is 2.46. The van der Waals surface area contributed by atoms with Crippen LogP contribution in [0.2, 0.25) is 0 Å². The van der Waals surface area contributed by atoms with Crippen molar-refractivity contribution in [2.45, 2.75) is 25.8 Å². The Morgan fingerprint density at radius 1 is 1.16 bits per heavy atom. The number of carbonyl (C=O) groups excluding carboxylic acids is 3. The third-order valence-electron chi connectivity index (χ3n) is 5.76. The van der Waals surface area contributed by atoms with Gasteiger partial charge in [0.25, 0.3) is 0 Å². The number of ether oxygens (including phenoxy) is 1. The average molecular weight is 424 g/mol. The van der Waals surface area contributed by atoms with Crippen molar-refractivity contribution in [2.24, 2.45) is 11.8 Å². The number of hydrogen-bond acceptors (Lipinski definition) is 7. The number of benzene rings is 1. The summed E-state index contributed by atoms with van der Waals surface area (Å²) in [5, 5.41) is 3.96. The SMILES string of the molecule is COc1ccc(-c2noc(CN(C)C(=O)CCN3C(=O)[C@@H]4CC=CC[C@H]4C3=O)n2)cc1. The second-order valence-corrected chi connectivity index (χ2v) is 7.72. The molecular weight excluding hydrogens is 400 g/mol. The fourth-order valence-electron chi connectivity index (χ4n) is 3.96. The van der Waals surface area contributed by atoms with E-state index in [-0.39, 0.29) is 49.1 Å². The van der Waals surface area contributed by atoms with Gasteiger partial charge in [0.15, 0.2) is 0 Å². The summed E-state index contributed by atoms with van der Waals surface area (Å²) in [5.74, 6) is 0.336. The molecule has 1 aliphatic heterocycles. The average Bonchev–Trinajstić information content (AvgIpc) is 3.35. The van der Waals surface area contributed by atoms with Gasteiger partial charge < -0.3 is 14.2 Å². The summed E-state index contributed by atoms with van der Waals surface area (Å²) >= 11 is 0. The van der Waals surface area contributed by atoms with E-state index in [1.165, 1.54) is 9.80 Å². The first-order valence-electron chi connectivity index (χ1n) is 10.2. The van der Waals surface area contributed by atoms with E-state index < -0.39 is 0 Å². The number of methoxy groups -OCH3 is 1. The molecule has 3 amide bonds. The van der Waals surface area contributed by atoms with Crippen LogP contribution in [-0.2, 0) is 20.9 Å². The van der Waals surface area contributed by atoms with E-state index in [0.717, 1.165) is 11.3 Å². The number of hydrogen-bond donors (Lipinski definition) is 0. The fourth-order valence-corrected chi connectivity index (χ4v) is 3.96. The number of carbonyl (C=O) groups is 3. The summed E-state index contributed by atoms with van der Waals surface area (Å²) in [6, 6.07) is 7.24. The van der Waals surface area contributed by atoms with Crippen molar-refractivity contribution in [2.75, 3.05) is 20.7 Å².